The lowest BCUT2D eigenvalue weighted by Gasteiger charge is -2.59. The summed E-state index contributed by atoms with van der Waals surface area (Å²) in [6.07, 6.45) is 5.79. The highest BCUT2D eigenvalue weighted by Crippen LogP contribution is 2.65. The smallest absolute Gasteiger partial charge is 0.139 e. The molecule has 0 aromatic heterocycles. The fraction of sp³-hybridized carbons (Fsp3) is 0.947. The molecule has 0 spiro atoms. The predicted octanol–water partition coefficient (Wildman–Crippen LogP) is 3.91. The van der Waals surface area contributed by atoms with Gasteiger partial charge in [0.15, 0.2) is 0 Å². The molecule has 4 rings (SSSR count). The van der Waals surface area contributed by atoms with Crippen molar-refractivity contribution < 1.29 is 14.3 Å². The van der Waals surface area contributed by atoms with Crippen molar-refractivity contribution in [3.8, 4) is 0 Å². The summed E-state index contributed by atoms with van der Waals surface area (Å²) in [6.45, 7) is 4.31. The van der Waals surface area contributed by atoms with Crippen LogP contribution in [0.1, 0.15) is 65.2 Å². The molecule has 22 heavy (non-hydrogen) atoms. The molecule has 0 saturated heterocycles. The average molecular weight is 308 g/mol. The molecule has 0 bridgehead atoms. The van der Waals surface area contributed by atoms with E-state index in [0.717, 1.165) is 38.5 Å². The lowest BCUT2D eigenvalue weighted by atomic mass is 9.45. The molecule has 3 heteroatoms. The van der Waals surface area contributed by atoms with Crippen LogP contribution < -0.4 is 0 Å². The first kappa shape index (κ1) is 15.1. The summed E-state index contributed by atoms with van der Waals surface area (Å²) in [6, 6.07) is 0. The van der Waals surface area contributed by atoms with Gasteiger partial charge >= 0.3 is 0 Å². The van der Waals surface area contributed by atoms with E-state index in [-0.39, 0.29) is 16.7 Å². The zero-order valence-corrected chi connectivity index (χ0v) is 13.9. The van der Waals surface area contributed by atoms with Crippen molar-refractivity contribution in [2.24, 2.45) is 34.5 Å². The highest BCUT2D eigenvalue weighted by Gasteiger charge is 2.63. The maximum atomic E-state index is 14.2. The van der Waals surface area contributed by atoms with Gasteiger partial charge in [0.25, 0.3) is 0 Å². The molecule has 0 aromatic carbocycles. The van der Waals surface area contributed by atoms with E-state index < -0.39 is 12.3 Å². The molecule has 0 amide bonds. The molecule has 4 aliphatic carbocycles. The third-order valence-corrected chi connectivity index (χ3v) is 8.40. The Hall–Kier alpha value is -0.440. The van der Waals surface area contributed by atoms with Crippen LogP contribution in [-0.2, 0) is 4.79 Å². The molecule has 8 atom stereocenters. The maximum absolute atomic E-state index is 14.2. The number of aliphatic hydroxyl groups excluding tert-OH is 1. The molecule has 4 aliphatic rings. The van der Waals surface area contributed by atoms with Crippen LogP contribution in [0.2, 0.25) is 0 Å². The number of rotatable bonds is 0. The Balaban J connectivity index is 1.69. The quantitative estimate of drug-likeness (QED) is 0.737. The van der Waals surface area contributed by atoms with Gasteiger partial charge in [-0.15, -0.1) is 0 Å². The molecule has 1 N–H and O–H groups in total. The molecular formula is C19H29FO2. The molecule has 4 fully saturated rings. The van der Waals surface area contributed by atoms with E-state index in [9.17, 15) is 14.3 Å². The largest absolute Gasteiger partial charge is 0.390 e. The van der Waals surface area contributed by atoms with Gasteiger partial charge in [0, 0.05) is 11.8 Å². The van der Waals surface area contributed by atoms with Crippen LogP contribution in [0.5, 0.6) is 0 Å². The highest BCUT2D eigenvalue weighted by atomic mass is 19.1. The van der Waals surface area contributed by atoms with Crippen molar-refractivity contribution >= 4 is 5.78 Å². The summed E-state index contributed by atoms with van der Waals surface area (Å²) in [4.78, 5) is 12.8. The van der Waals surface area contributed by atoms with E-state index in [2.05, 4.69) is 13.8 Å². The van der Waals surface area contributed by atoms with Gasteiger partial charge in [-0.2, -0.15) is 0 Å². The summed E-state index contributed by atoms with van der Waals surface area (Å²) < 4.78 is 14.2. The summed E-state index contributed by atoms with van der Waals surface area (Å²) in [7, 11) is 0. The van der Waals surface area contributed by atoms with Crippen molar-refractivity contribution in [1.82, 2.24) is 0 Å². The molecule has 0 radical (unpaired) electrons. The Labute approximate surface area is 132 Å². The number of aliphatic hydroxyl groups is 1. The summed E-state index contributed by atoms with van der Waals surface area (Å²) in [5, 5.41) is 10.3. The number of fused-ring (bicyclic) bond motifs is 5. The second kappa shape index (κ2) is 4.78. The van der Waals surface area contributed by atoms with Gasteiger partial charge in [-0.3, -0.25) is 4.79 Å². The van der Waals surface area contributed by atoms with Crippen LogP contribution in [-0.4, -0.2) is 23.2 Å². The number of Topliss-reactive ketones (excluding diaryl/α,β-unsaturated/α-hetero) is 1. The van der Waals surface area contributed by atoms with Crippen LogP contribution in [0.15, 0.2) is 0 Å². The third kappa shape index (κ3) is 1.72. The average Bonchev–Trinajstić information content (AvgIpc) is 2.72. The van der Waals surface area contributed by atoms with Gasteiger partial charge in [-0.1, -0.05) is 13.8 Å². The van der Waals surface area contributed by atoms with Gasteiger partial charge in [0.2, 0.25) is 0 Å². The van der Waals surface area contributed by atoms with Crippen LogP contribution >= 0.6 is 0 Å². The van der Waals surface area contributed by atoms with Crippen LogP contribution in [0, 0.1) is 34.5 Å². The molecule has 0 aromatic rings. The van der Waals surface area contributed by atoms with E-state index in [1.807, 2.05) is 0 Å². The lowest BCUT2D eigenvalue weighted by molar-refractivity contribution is -0.157. The summed E-state index contributed by atoms with van der Waals surface area (Å²) in [5.41, 5.74) is -0.427. The Bertz CT molecular complexity index is 492. The van der Waals surface area contributed by atoms with Crippen molar-refractivity contribution in [2.45, 2.75) is 77.5 Å². The molecule has 4 saturated carbocycles. The molecule has 0 heterocycles. The van der Waals surface area contributed by atoms with Crippen molar-refractivity contribution in [3.63, 3.8) is 0 Å². The van der Waals surface area contributed by atoms with Gasteiger partial charge in [-0.25, -0.2) is 4.39 Å². The standard InChI is InChI=1S/C19H29FO2/c1-18-9-8-13-12(14(18)10-15(20)17(18)22)7-6-11-4-3-5-16(21)19(11,13)2/h11-15,17,22H,3-10H2,1-2H3/t11?,12-,13-,14+,15?,17?,18+,19+/m1/s1. The Morgan fingerprint density at radius 2 is 1.91 bits per heavy atom. The number of hydrogen-bond donors (Lipinski definition) is 1. The second-order valence-corrected chi connectivity index (χ2v) is 8.99. The normalized spacial score (nSPS) is 57.9. The first-order valence-corrected chi connectivity index (χ1v) is 9.24. The fourth-order valence-corrected chi connectivity index (χ4v) is 7.03. The topological polar surface area (TPSA) is 37.3 Å². The zero-order valence-electron chi connectivity index (χ0n) is 13.9. The van der Waals surface area contributed by atoms with E-state index >= 15 is 0 Å². The highest BCUT2D eigenvalue weighted by molar-refractivity contribution is 5.86. The summed E-state index contributed by atoms with van der Waals surface area (Å²) >= 11 is 0. The maximum Gasteiger partial charge on any atom is 0.139 e. The minimum absolute atomic E-state index is 0.165. The number of hydrogen-bond acceptors (Lipinski definition) is 2. The number of carbonyl (C=O) groups excluding carboxylic acids is 1. The Kier molecular flexibility index (Phi) is 3.28. The van der Waals surface area contributed by atoms with Gasteiger partial charge < -0.3 is 5.11 Å². The van der Waals surface area contributed by atoms with E-state index in [1.54, 1.807) is 0 Å². The SMILES string of the molecule is C[C@]12C(=O)CCCC1CC[C@@H]1[C@H]2CC[C@]2(C)C(O)C(F)C[C@@H]12. The fourth-order valence-electron chi connectivity index (χ4n) is 7.03. The first-order chi connectivity index (χ1) is 10.4. The van der Waals surface area contributed by atoms with Gasteiger partial charge in [0.05, 0.1) is 6.10 Å². The minimum atomic E-state index is -1.07. The first-order valence-electron chi connectivity index (χ1n) is 9.24. The Morgan fingerprint density at radius 1 is 1.14 bits per heavy atom. The van der Waals surface area contributed by atoms with Crippen LogP contribution in [0.3, 0.4) is 0 Å². The van der Waals surface area contributed by atoms with E-state index in [0.29, 0.717) is 30.0 Å². The van der Waals surface area contributed by atoms with Crippen LogP contribution in [0.4, 0.5) is 4.39 Å². The predicted molar refractivity (Wildman–Crippen MR) is 83.0 cm³/mol. The minimum Gasteiger partial charge on any atom is -0.390 e. The third-order valence-electron chi connectivity index (χ3n) is 8.40. The monoisotopic (exact) mass is 308 g/mol. The van der Waals surface area contributed by atoms with Crippen molar-refractivity contribution in [2.75, 3.05) is 0 Å². The zero-order chi connectivity index (χ0) is 15.7. The number of halogens is 1. The number of carbonyl (C=O) groups is 1. The van der Waals surface area contributed by atoms with Gasteiger partial charge in [-0.05, 0) is 74.0 Å². The molecule has 2 nitrogen and oxygen atoms in total. The van der Waals surface area contributed by atoms with E-state index in [1.165, 1.54) is 6.42 Å². The lowest BCUT2D eigenvalue weighted by Crippen LogP contribution is -2.56. The van der Waals surface area contributed by atoms with Gasteiger partial charge in [0.1, 0.15) is 12.0 Å². The van der Waals surface area contributed by atoms with E-state index in [4.69, 9.17) is 0 Å². The molecular weight excluding hydrogens is 279 g/mol. The Morgan fingerprint density at radius 3 is 2.68 bits per heavy atom. The van der Waals surface area contributed by atoms with Crippen molar-refractivity contribution in [1.29, 1.82) is 0 Å². The molecule has 0 aliphatic heterocycles. The van der Waals surface area contributed by atoms with Crippen LogP contribution in [0.25, 0.3) is 0 Å². The number of ketones is 1. The van der Waals surface area contributed by atoms with Crippen molar-refractivity contribution in [3.05, 3.63) is 0 Å². The second-order valence-electron chi connectivity index (χ2n) is 8.99. The molecule has 3 unspecified atom stereocenters. The summed E-state index contributed by atoms with van der Waals surface area (Å²) in [5.74, 6) is 2.15. The number of alkyl halides is 1. The molecule has 124 valence electrons.